The van der Waals surface area contributed by atoms with Crippen molar-refractivity contribution in [3.63, 3.8) is 0 Å². The number of rotatable bonds is 8. The van der Waals surface area contributed by atoms with E-state index in [0.29, 0.717) is 18.5 Å². The zero-order valence-corrected chi connectivity index (χ0v) is 14.7. The summed E-state index contributed by atoms with van der Waals surface area (Å²) in [5.74, 6) is 0.814. The molecule has 2 nitrogen and oxygen atoms in total. The molecule has 0 aliphatic heterocycles. The van der Waals surface area contributed by atoms with Gasteiger partial charge in [-0.1, -0.05) is 27.7 Å². The molecule has 4 heteroatoms. The van der Waals surface area contributed by atoms with Gasteiger partial charge in [0.05, 0.1) is 11.4 Å². The summed E-state index contributed by atoms with van der Waals surface area (Å²) in [6.07, 6.45) is 2.20. The van der Waals surface area contributed by atoms with Gasteiger partial charge in [0.2, 0.25) is 0 Å². The molecule has 0 aliphatic carbocycles. The smallest absolute Gasteiger partial charge is 0.187 e. The Morgan fingerprint density at radius 2 is 2.00 bits per heavy atom. The van der Waals surface area contributed by atoms with E-state index < -0.39 is 0 Å². The van der Waals surface area contributed by atoms with Crippen molar-refractivity contribution in [2.75, 3.05) is 13.1 Å². The first-order valence-corrected chi connectivity index (χ1v) is 8.67. The molecule has 1 aromatic heterocycles. The van der Waals surface area contributed by atoms with Gasteiger partial charge < -0.3 is 0 Å². The van der Waals surface area contributed by atoms with Gasteiger partial charge in [0.25, 0.3) is 0 Å². The number of ketones is 1. The van der Waals surface area contributed by atoms with Gasteiger partial charge >= 0.3 is 0 Å². The van der Waals surface area contributed by atoms with Crippen LogP contribution >= 0.6 is 27.3 Å². The van der Waals surface area contributed by atoms with Gasteiger partial charge in [-0.2, -0.15) is 0 Å². The van der Waals surface area contributed by atoms with Crippen molar-refractivity contribution in [2.45, 2.75) is 46.6 Å². The van der Waals surface area contributed by atoms with Crippen LogP contribution in [-0.2, 0) is 0 Å². The van der Waals surface area contributed by atoms with Crippen LogP contribution in [0.5, 0.6) is 0 Å². The number of Topliss-reactive ketones (excluding diaryl/α,β-unsaturated/α-hetero) is 1. The molecule has 108 valence electrons. The van der Waals surface area contributed by atoms with E-state index in [2.05, 4.69) is 48.5 Å². The summed E-state index contributed by atoms with van der Waals surface area (Å²) in [5.41, 5.74) is 0. The van der Waals surface area contributed by atoms with Gasteiger partial charge in [-0.05, 0) is 46.1 Å². The highest BCUT2D eigenvalue weighted by Crippen LogP contribution is 2.24. The normalized spacial score (nSPS) is 11.8. The Balaban J connectivity index is 2.77. The highest BCUT2D eigenvalue weighted by Gasteiger charge is 2.21. The van der Waals surface area contributed by atoms with Gasteiger partial charge in [0.15, 0.2) is 5.78 Å². The van der Waals surface area contributed by atoms with E-state index in [1.807, 2.05) is 11.4 Å². The van der Waals surface area contributed by atoms with Crippen LogP contribution in [0.2, 0.25) is 0 Å². The number of halogens is 1. The molecule has 0 atom stereocenters. The molecule has 0 fully saturated rings. The lowest BCUT2D eigenvalue weighted by Crippen LogP contribution is -2.40. The Bertz CT molecular complexity index is 399. The zero-order chi connectivity index (χ0) is 14.4. The number of nitrogens with zero attached hydrogens (tertiary/aromatic N) is 1. The minimum atomic E-state index is 0.231. The first-order chi connectivity index (χ1) is 8.99. The second-order valence-corrected chi connectivity index (χ2v) is 7.08. The predicted octanol–water partition coefficient (Wildman–Crippen LogP) is 4.84. The van der Waals surface area contributed by atoms with E-state index in [1.165, 1.54) is 11.3 Å². The van der Waals surface area contributed by atoms with Crippen LogP contribution in [0, 0.1) is 5.92 Å². The molecule has 0 N–H and O–H groups in total. The molecule has 0 aliphatic rings. The maximum absolute atomic E-state index is 12.4. The molecule has 0 aromatic carbocycles. The predicted molar refractivity (Wildman–Crippen MR) is 87.1 cm³/mol. The fourth-order valence-corrected chi connectivity index (χ4v) is 3.89. The van der Waals surface area contributed by atoms with Crippen molar-refractivity contribution in [2.24, 2.45) is 5.92 Å². The SMILES string of the molecule is CCC(CC)N(CC(=O)c1sccc1Br)CC(C)C. The molecule has 1 heterocycles. The van der Waals surface area contributed by atoms with Crippen molar-refractivity contribution in [3.05, 3.63) is 20.8 Å². The molecule has 1 rings (SSSR count). The Morgan fingerprint density at radius 3 is 2.42 bits per heavy atom. The minimum absolute atomic E-state index is 0.231. The first-order valence-electron chi connectivity index (χ1n) is 6.99. The number of hydrogen-bond acceptors (Lipinski definition) is 3. The van der Waals surface area contributed by atoms with E-state index in [1.54, 1.807) is 0 Å². The molecule has 19 heavy (non-hydrogen) atoms. The molecule has 1 aromatic rings. The van der Waals surface area contributed by atoms with Crippen molar-refractivity contribution < 1.29 is 4.79 Å². The summed E-state index contributed by atoms with van der Waals surface area (Å²) in [4.78, 5) is 15.6. The van der Waals surface area contributed by atoms with Gasteiger partial charge in [-0.3, -0.25) is 9.69 Å². The lowest BCUT2D eigenvalue weighted by molar-refractivity contribution is 0.0869. The maximum Gasteiger partial charge on any atom is 0.187 e. The number of hydrogen-bond donors (Lipinski definition) is 0. The summed E-state index contributed by atoms with van der Waals surface area (Å²) in [6, 6.07) is 2.45. The topological polar surface area (TPSA) is 20.3 Å². The second-order valence-electron chi connectivity index (χ2n) is 5.31. The first kappa shape index (κ1) is 16.9. The van der Waals surface area contributed by atoms with Crippen molar-refractivity contribution in [1.29, 1.82) is 0 Å². The van der Waals surface area contributed by atoms with E-state index in [0.717, 1.165) is 28.7 Å². The van der Waals surface area contributed by atoms with E-state index in [-0.39, 0.29) is 5.78 Å². The van der Waals surface area contributed by atoms with Crippen LogP contribution in [0.1, 0.15) is 50.2 Å². The summed E-state index contributed by atoms with van der Waals surface area (Å²) < 4.78 is 0.927. The molecular formula is C15H24BrNOS. The Kier molecular flexibility index (Phi) is 7.26. The monoisotopic (exact) mass is 345 g/mol. The third-order valence-electron chi connectivity index (χ3n) is 3.28. The molecule has 0 unspecified atom stereocenters. The third kappa shape index (κ3) is 5.01. The van der Waals surface area contributed by atoms with Crippen LogP contribution in [0.4, 0.5) is 0 Å². The Hall–Kier alpha value is -0.190. The average molecular weight is 346 g/mol. The molecular weight excluding hydrogens is 322 g/mol. The fraction of sp³-hybridized carbons (Fsp3) is 0.667. The van der Waals surface area contributed by atoms with Crippen LogP contribution in [0.3, 0.4) is 0 Å². The van der Waals surface area contributed by atoms with Gasteiger partial charge in [0.1, 0.15) is 0 Å². The van der Waals surface area contributed by atoms with Crippen LogP contribution in [0.15, 0.2) is 15.9 Å². The summed E-state index contributed by atoms with van der Waals surface area (Å²) in [7, 11) is 0. The lowest BCUT2D eigenvalue weighted by Gasteiger charge is -2.31. The summed E-state index contributed by atoms with van der Waals surface area (Å²) >= 11 is 4.97. The maximum atomic E-state index is 12.4. The van der Waals surface area contributed by atoms with Crippen molar-refractivity contribution in [3.8, 4) is 0 Å². The molecule has 0 bridgehead atoms. The zero-order valence-electron chi connectivity index (χ0n) is 12.3. The second kappa shape index (κ2) is 8.18. The third-order valence-corrected chi connectivity index (χ3v) is 5.15. The van der Waals surface area contributed by atoms with Crippen LogP contribution in [-0.4, -0.2) is 29.8 Å². The summed E-state index contributed by atoms with van der Waals surface area (Å²) in [5, 5.41) is 1.96. The molecule has 0 saturated carbocycles. The van der Waals surface area contributed by atoms with Crippen molar-refractivity contribution >= 4 is 33.0 Å². The van der Waals surface area contributed by atoms with Crippen LogP contribution < -0.4 is 0 Å². The van der Waals surface area contributed by atoms with Gasteiger partial charge in [-0.15, -0.1) is 11.3 Å². The number of carbonyl (C=O) groups excluding carboxylic acids is 1. The summed E-state index contributed by atoms with van der Waals surface area (Å²) in [6.45, 7) is 10.3. The van der Waals surface area contributed by atoms with E-state index >= 15 is 0 Å². The van der Waals surface area contributed by atoms with E-state index in [9.17, 15) is 4.79 Å². The molecule has 0 spiro atoms. The molecule has 0 saturated heterocycles. The van der Waals surface area contributed by atoms with Crippen LogP contribution in [0.25, 0.3) is 0 Å². The minimum Gasteiger partial charge on any atom is -0.293 e. The number of carbonyl (C=O) groups is 1. The standard InChI is InChI=1S/C15H24BrNOS/c1-5-12(6-2)17(9-11(3)4)10-14(18)15-13(16)7-8-19-15/h7-8,11-12H,5-6,9-10H2,1-4H3. The van der Waals surface area contributed by atoms with Gasteiger partial charge in [-0.25, -0.2) is 0 Å². The molecule has 0 amide bonds. The average Bonchev–Trinajstić information content (AvgIpc) is 2.76. The quantitative estimate of drug-likeness (QED) is 0.628. The highest BCUT2D eigenvalue weighted by atomic mass is 79.9. The van der Waals surface area contributed by atoms with Gasteiger partial charge in [0, 0.05) is 17.1 Å². The fourth-order valence-electron chi connectivity index (χ4n) is 2.37. The molecule has 0 radical (unpaired) electrons. The number of thiophene rings is 1. The Morgan fingerprint density at radius 1 is 1.37 bits per heavy atom. The lowest BCUT2D eigenvalue weighted by atomic mass is 10.1. The van der Waals surface area contributed by atoms with E-state index in [4.69, 9.17) is 0 Å². The van der Waals surface area contributed by atoms with Crippen molar-refractivity contribution in [1.82, 2.24) is 4.90 Å². The largest absolute Gasteiger partial charge is 0.293 e. The Labute approximate surface area is 129 Å². The highest BCUT2D eigenvalue weighted by molar-refractivity contribution is 9.10.